The van der Waals surface area contributed by atoms with Crippen LogP contribution in [0.25, 0.3) is 21.9 Å². The van der Waals surface area contributed by atoms with Gasteiger partial charge in [0.25, 0.3) is 11.8 Å². The maximum atomic E-state index is 13.0. The fourth-order valence-electron chi connectivity index (χ4n) is 4.11. The van der Waals surface area contributed by atoms with Crippen LogP contribution in [-0.4, -0.2) is 64.9 Å². The molecule has 0 spiro atoms. The quantitative estimate of drug-likeness (QED) is 0.339. The van der Waals surface area contributed by atoms with Crippen LogP contribution in [0.1, 0.15) is 15.9 Å². The number of halogens is 2. The van der Waals surface area contributed by atoms with Crippen LogP contribution in [0.15, 0.2) is 61.8 Å². The highest BCUT2D eigenvalue weighted by Crippen LogP contribution is 2.40. The molecular weight excluding hydrogens is 538 g/mol. The van der Waals surface area contributed by atoms with Gasteiger partial charge in [-0.05, 0) is 58.9 Å². The Kier molecular flexibility index (Phi) is 7.25. The zero-order chi connectivity index (χ0) is 23.8. The van der Waals surface area contributed by atoms with Gasteiger partial charge in [-0.25, -0.2) is 0 Å². The lowest BCUT2D eigenvalue weighted by molar-refractivity contribution is -0.117. The van der Waals surface area contributed by atoms with Gasteiger partial charge < -0.3 is 24.3 Å². The number of nitrogens with one attached hydrogen (secondary N) is 1. The molecule has 2 N–H and O–H groups in total. The normalized spacial score (nSPS) is 14.6. The number of amides is 2. The van der Waals surface area contributed by atoms with E-state index >= 15 is 0 Å². The van der Waals surface area contributed by atoms with Crippen molar-refractivity contribution in [1.29, 1.82) is 0 Å². The lowest BCUT2D eigenvalue weighted by Crippen LogP contribution is -2.47. The average molecular weight is 561 g/mol. The number of hydrogen-bond donors (Lipinski definition) is 2. The molecule has 11 heteroatoms. The van der Waals surface area contributed by atoms with E-state index in [4.69, 9.17) is 4.42 Å². The van der Waals surface area contributed by atoms with Crippen molar-refractivity contribution in [2.45, 2.75) is 6.42 Å². The van der Waals surface area contributed by atoms with Crippen molar-refractivity contribution in [3.8, 4) is 5.88 Å². The summed E-state index contributed by atoms with van der Waals surface area (Å²) in [6.07, 6.45) is 1.66. The Hall–Kier alpha value is -3.21. The van der Waals surface area contributed by atoms with E-state index in [0.717, 1.165) is 29.6 Å². The first-order valence-corrected chi connectivity index (χ1v) is 11.6. The van der Waals surface area contributed by atoms with Crippen LogP contribution in [0.5, 0.6) is 5.88 Å². The summed E-state index contributed by atoms with van der Waals surface area (Å²) in [6.45, 7) is 2.98. The topological polar surface area (TPSA) is 114 Å². The lowest BCUT2D eigenvalue weighted by Gasteiger charge is -2.32. The van der Waals surface area contributed by atoms with Crippen molar-refractivity contribution in [2.24, 2.45) is 10.2 Å². The van der Waals surface area contributed by atoms with E-state index in [9.17, 15) is 14.7 Å². The van der Waals surface area contributed by atoms with Crippen LogP contribution in [0.3, 0.4) is 0 Å². The number of likely N-dealkylation sites (N-methyl/N-ethyl adjacent to an activating group) is 1. The van der Waals surface area contributed by atoms with Crippen molar-refractivity contribution >= 4 is 67.7 Å². The van der Waals surface area contributed by atoms with Gasteiger partial charge in [0.05, 0.1) is 18.2 Å². The first-order valence-electron chi connectivity index (χ1n) is 10.8. The number of piperazine rings is 1. The fraction of sp³-hybridized carbons (Fsp3) is 0.250. The van der Waals surface area contributed by atoms with Crippen LogP contribution < -0.4 is 0 Å². The molecule has 1 saturated heterocycles. The minimum atomic E-state index is -0.449. The number of rotatable bonds is 4. The summed E-state index contributed by atoms with van der Waals surface area (Å²) < 4.78 is 5.89. The van der Waals surface area contributed by atoms with Crippen molar-refractivity contribution in [3.63, 3.8) is 0 Å². The first-order chi connectivity index (χ1) is 16.4. The Morgan fingerprint density at radius 2 is 1.91 bits per heavy atom. The Morgan fingerprint density at radius 3 is 2.69 bits per heavy atom. The Balaban J connectivity index is 0.00000289. The summed E-state index contributed by atoms with van der Waals surface area (Å²) in [7, 11) is 2.03. The van der Waals surface area contributed by atoms with Crippen LogP contribution in [0, 0.1) is 0 Å². The highest BCUT2D eigenvalue weighted by Gasteiger charge is 2.23. The maximum absolute atomic E-state index is 13.0. The number of carbonyl (C=O) groups excluding carboxylic acids is 2. The van der Waals surface area contributed by atoms with E-state index in [-0.39, 0.29) is 36.3 Å². The molecule has 0 radical (unpaired) electrons. The molecule has 2 amide bonds. The zero-order valence-electron chi connectivity index (χ0n) is 18.8. The van der Waals surface area contributed by atoms with Crippen LogP contribution >= 0.6 is 28.3 Å². The van der Waals surface area contributed by atoms with E-state index < -0.39 is 5.91 Å². The standard InChI is InChI=1S/C24H22BrN5O4.ClH/c1-29-5-7-30(8-6-29)24(33)16-12-17(25)21-18(13-16)26-23(32)22(21)28-27-20(31)11-14-2-3-19-15(10-14)4-9-34-19;/h2-4,9-10,12-13,26,32H,5-8,11H2,1H3;1H. The molecule has 0 aliphatic carbocycles. The van der Waals surface area contributed by atoms with Gasteiger partial charge in [-0.2, -0.15) is 0 Å². The number of aromatic amines is 1. The molecule has 0 bridgehead atoms. The fourth-order valence-corrected chi connectivity index (χ4v) is 4.75. The number of furan rings is 1. The molecule has 1 aliphatic heterocycles. The summed E-state index contributed by atoms with van der Waals surface area (Å²) in [5.41, 5.74) is 2.70. The predicted molar refractivity (Wildman–Crippen MR) is 138 cm³/mol. The summed E-state index contributed by atoms with van der Waals surface area (Å²) in [4.78, 5) is 32.2. The van der Waals surface area contributed by atoms with Crippen molar-refractivity contribution < 1.29 is 19.1 Å². The number of nitrogens with zero attached hydrogens (tertiary/aromatic N) is 4. The molecule has 0 saturated carbocycles. The number of fused-ring (bicyclic) bond motifs is 2. The molecule has 2 aromatic carbocycles. The van der Waals surface area contributed by atoms with Gasteiger partial charge in [0.15, 0.2) is 5.69 Å². The maximum Gasteiger partial charge on any atom is 0.269 e. The zero-order valence-corrected chi connectivity index (χ0v) is 21.2. The van der Waals surface area contributed by atoms with Crippen LogP contribution in [-0.2, 0) is 11.2 Å². The molecule has 0 unspecified atom stereocenters. The smallest absolute Gasteiger partial charge is 0.269 e. The van der Waals surface area contributed by atoms with Gasteiger partial charge >= 0.3 is 0 Å². The van der Waals surface area contributed by atoms with E-state index in [1.54, 1.807) is 30.5 Å². The Labute approximate surface area is 215 Å². The molecule has 2 aromatic heterocycles. The molecular formula is C24H23BrClN5O4. The number of aromatic nitrogens is 1. The number of H-pyrrole nitrogens is 1. The van der Waals surface area contributed by atoms with Crippen molar-refractivity contribution in [3.05, 3.63) is 58.3 Å². The van der Waals surface area contributed by atoms with Crippen LogP contribution in [0.2, 0.25) is 0 Å². The molecule has 4 aromatic rings. The number of aromatic hydroxyl groups is 1. The number of azo groups is 1. The lowest BCUT2D eigenvalue weighted by atomic mass is 10.1. The third-order valence-corrected chi connectivity index (χ3v) is 6.60. The molecule has 182 valence electrons. The summed E-state index contributed by atoms with van der Waals surface area (Å²) in [5, 5.41) is 19.7. The highest BCUT2D eigenvalue weighted by molar-refractivity contribution is 9.10. The van der Waals surface area contributed by atoms with Crippen molar-refractivity contribution in [2.75, 3.05) is 33.2 Å². The Morgan fingerprint density at radius 1 is 1.14 bits per heavy atom. The van der Waals surface area contributed by atoms with E-state index in [1.807, 2.05) is 24.1 Å². The first kappa shape index (κ1) is 24.9. The van der Waals surface area contributed by atoms with Gasteiger partial charge in [-0.1, -0.05) is 6.07 Å². The molecule has 5 rings (SSSR count). The third kappa shape index (κ3) is 5.09. The molecule has 0 atom stereocenters. The minimum Gasteiger partial charge on any atom is -0.493 e. The third-order valence-electron chi connectivity index (χ3n) is 5.98. The largest absolute Gasteiger partial charge is 0.493 e. The van der Waals surface area contributed by atoms with Crippen LogP contribution in [0.4, 0.5) is 5.69 Å². The van der Waals surface area contributed by atoms with Crippen molar-refractivity contribution in [1.82, 2.24) is 14.8 Å². The SMILES string of the molecule is CN1CCN(C(=O)c2cc(Br)c3c(N=NC(=O)Cc4ccc5occc5c4)c(O)[nH]c3c2)CC1.Cl. The number of benzene rings is 2. The Bertz CT molecular complexity index is 1440. The molecule has 3 heterocycles. The van der Waals surface area contributed by atoms with E-state index in [0.29, 0.717) is 34.0 Å². The second-order valence-corrected chi connectivity index (χ2v) is 9.22. The van der Waals surface area contributed by atoms with Gasteiger partial charge in [0.2, 0.25) is 5.88 Å². The average Bonchev–Trinajstić information content (AvgIpc) is 3.41. The molecule has 1 aliphatic rings. The monoisotopic (exact) mass is 559 g/mol. The van der Waals surface area contributed by atoms with E-state index in [1.165, 1.54) is 0 Å². The summed E-state index contributed by atoms with van der Waals surface area (Å²) in [6, 6.07) is 10.7. The predicted octanol–water partition coefficient (Wildman–Crippen LogP) is 5.04. The number of hydrogen-bond acceptors (Lipinski definition) is 6. The van der Waals surface area contributed by atoms with Gasteiger partial charge in [-0.15, -0.1) is 22.6 Å². The molecule has 35 heavy (non-hydrogen) atoms. The highest BCUT2D eigenvalue weighted by atomic mass is 79.9. The van der Waals surface area contributed by atoms with Gasteiger partial charge in [-0.3, -0.25) is 9.59 Å². The minimum absolute atomic E-state index is 0. The second kappa shape index (κ2) is 10.2. The second-order valence-electron chi connectivity index (χ2n) is 8.36. The molecule has 1 fully saturated rings. The molecule has 9 nitrogen and oxygen atoms in total. The van der Waals surface area contributed by atoms with E-state index in [2.05, 4.69) is 36.0 Å². The van der Waals surface area contributed by atoms with Gasteiger partial charge in [0.1, 0.15) is 5.58 Å². The summed E-state index contributed by atoms with van der Waals surface area (Å²) in [5.74, 6) is -0.747. The number of carbonyl (C=O) groups is 2. The summed E-state index contributed by atoms with van der Waals surface area (Å²) >= 11 is 3.49. The van der Waals surface area contributed by atoms with Gasteiger partial charge in [0, 0.05) is 47.0 Å².